The van der Waals surface area contributed by atoms with Gasteiger partial charge in [-0.2, -0.15) is 13.2 Å². The summed E-state index contributed by atoms with van der Waals surface area (Å²) in [5.74, 6) is 0. The van der Waals surface area contributed by atoms with E-state index < -0.39 is 11.7 Å². The molecule has 3 aromatic carbocycles. The normalized spacial score (nSPS) is 12.2. The first-order valence-electron chi connectivity index (χ1n) is 8.04. The molecule has 0 radical (unpaired) electrons. The van der Waals surface area contributed by atoms with Gasteiger partial charge in [0.2, 0.25) is 0 Å². The van der Waals surface area contributed by atoms with Crippen LogP contribution in [0.3, 0.4) is 0 Å². The maximum absolute atomic E-state index is 13.1. The zero-order valence-electron chi connectivity index (χ0n) is 13.9. The van der Waals surface area contributed by atoms with Gasteiger partial charge < -0.3 is 4.57 Å². The maximum Gasteiger partial charge on any atom is 0.416 e. The van der Waals surface area contributed by atoms with Gasteiger partial charge >= 0.3 is 6.18 Å². The fraction of sp³-hybridized carbons (Fsp3) is 0.143. The van der Waals surface area contributed by atoms with Gasteiger partial charge in [0.25, 0.3) is 0 Å². The minimum atomic E-state index is -4.36. The molecule has 126 valence electrons. The lowest BCUT2D eigenvalue weighted by atomic mass is 10.1. The number of hydrogen-bond donors (Lipinski definition) is 0. The minimum Gasteiger partial charge on any atom is -0.309 e. The quantitative estimate of drug-likeness (QED) is 0.377. The molecule has 0 atom stereocenters. The molecule has 1 nitrogen and oxygen atoms in total. The topological polar surface area (TPSA) is 4.93 Å². The van der Waals surface area contributed by atoms with Crippen LogP contribution in [-0.4, -0.2) is 4.57 Å². The molecule has 25 heavy (non-hydrogen) atoms. The molecule has 4 rings (SSSR count). The van der Waals surface area contributed by atoms with Crippen LogP contribution >= 0.6 is 0 Å². The molecule has 0 N–H and O–H groups in total. The third-order valence-electron chi connectivity index (χ3n) is 4.51. The molecule has 4 heteroatoms. The first kappa shape index (κ1) is 15.8. The summed E-state index contributed by atoms with van der Waals surface area (Å²) in [6, 6.07) is 17.6. The highest BCUT2D eigenvalue weighted by atomic mass is 19.4. The average molecular weight is 339 g/mol. The highest BCUT2D eigenvalue weighted by Crippen LogP contribution is 2.35. The van der Waals surface area contributed by atoms with Crippen LogP contribution in [0.4, 0.5) is 13.2 Å². The first-order valence-corrected chi connectivity index (χ1v) is 8.04. The monoisotopic (exact) mass is 339 g/mol. The number of halogens is 3. The van der Waals surface area contributed by atoms with E-state index in [0.29, 0.717) is 5.69 Å². The van der Waals surface area contributed by atoms with Gasteiger partial charge in [0, 0.05) is 16.5 Å². The van der Waals surface area contributed by atoms with Crippen molar-refractivity contribution in [2.45, 2.75) is 20.0 Å². The average Bonchev–Trinajstić information content (AvgIpc) is 2.87. The van der Waals surface area contributed by atoms with E-state index in [0.717, 1.165) is 39.0 Å². The fourth-order valence-corrected chi connectivity index (χ4v) is 3.35. The van der Waals surface area contributed by atoms with Gasteiger partial charge in [0.15, 0.2) is 0 Å². The van der Waals surface area contributed by atoms with Crippen LogP contribution in [0.2, 0.25) is 0 Å². The SMILES string of the molecule is Cc1ccc2c(c1)c1cc(C)ccc1n2-c1cccc(C(F)(F)F)c1. The van der Waals surface area contributed by atoms with Crippen LogP contribution in [0.25, 0.3) is 27.5 Å². The number of fused-ring (bicyclic) bond motifs is 3. The van der Waals surface area contributed by atoms with E-state index in [4.69, 9.17) is 0 Å². The fourth-order valence-electron chi connectivity index (χ4n) is 3.35. The molecule has 0 spiro atoms. The second-order valence-corrected chi connectivity index (χ2v) is 6.42. The summed E-state index contributed by atoms with van der Waals surface area (Å²) in [7, 11) is 0. The van der Waals surface area contributed by atoms with Gasteiger partial charge in [-0.25, -0.2) is 0 Å². The van der Waals surface area contributed by atoms with E-state index in [1.165, 1.54) is 12.1 Å². The standard InChI is InChI=1S/C21H16F3N/c1-13-6-8-19-17(10-13)18-11-14(2)7-9-20(18)25(19)16-5-3-4-15(12-16)21(22,23)24/h3-12H,1-2H3. The van der Waals surface area contributed by atoms with Crippen LogP contribution in [0, 0.1) is 13.8 Å². The Labute approximate surface area is 143 Å². The summed E-state index contributed by atoms with van der Waals surface area (Å²) in [4.78, 5) is 0. The number of benzene rings is 3. The number of aryl methyl sites for hydroxylation is 2. The van der Waals surface area contributed by atoms with Gasteiger partial charge in [-0.05, 0) is 56.3 Å². The number of hydrogen-bond acceptors (Lipinski definition) is 0. The molecule has 0 unspecified atom stereocenters. The molecule has 0 fully saturated rings. The molecular weight excluding hydrogens is 323 g/mol. The van der Waals surface area contributed by atoms with E-state index in [9.17, 15) is 13.2 Å². The van der Waals surface area contributed by atoms with Crippen LogP contribution in [0.1, 0.15) is 16.7 Å². The van der Waals surface area contributed by atoms with E-state index in [1.54, 1.807) is 6.07 Å². The van der Waals surface area contributed by atoms with Crippen LogP contribution < -0.4 is 0 Å². The highest BCUT2D eigenvalue weighted by Gasteiger charge is 2.30. The molecule has 0 aliphatic carbocycles. The van der Waals surface area contributed by atoms with Crippen molar-refractivity contribution in [1.29, 1.82) is 0 Å². The van der Waals surface area contributed by atoms with Crippen molar-refractivity contribution in [3.05, 3.63) is 77.4 Å². The zero-order valence-corrected chi connectivity index (χ0v) is 13.9. The van der Waals surface area contributed by atoms with Gasteiger partial charge in [-0.1, -0.05) is 29.3 Å². The van der Waals surface area contributed by atoms with Crippen molar-refractivity contribution in [3.8, 4) is 5.69 Å². The molecule has 1 aromatic heterocycles. The predicted octanol–water partition coefficient (Wildman–Crippen LogP) is 6.42. The Morgan fingerprint density at radius 2 is 1.28 bits per heavy atom. The van der Waals surface area contributed by atoms with Crippen molar-refractivity contribution >= 4 is 21.8 Å². The van der Waals surface area contributed by atoms with Gasteiger partial charge in [0.1, 0.15) is 0 Å². The van der Waals surface area contributed by atoms with Crippen molar-refractivity contribution in [3.63, 3.8) is 0 Å². The van der Waals surface area contributed by atoms with Crippen molar-refractivity contribution in [1.82, 2.24) is 4.57 Å². The molecule has 1 heterocycles. The third-order valence-corrected chi connectivity index (χ3v) is 4.51. The summed E-state index contributed by atoms with van der Waals surface area (Å²) < 4.78 is 41.3. The lowest BCUT2D eigenvalue weighted by molar-refractivity contribution is -0.137. The molecule has 0 saturated heterocycles. The second kappa shape index (κ2) is 5.38. The Hall–Kier alpha value is -2.75. The molecule has 4 aromatic rings. The Bertz CT molecular complexity index is 1040. The number of rotatable bonds is 1. The zero-order chi connectivity index (χ0) is 17.8. The Morgan fingerprint density at radius 1 is 0.720 bits per heavy atom. The maximum atomic E-state index is 13.1. The Balaban J connectivity index is 2.10. The number of aromatic nitrogens is 1. The first-order chi connectivity index (χ1) is 11.8. The Kier molecular flexibility index (Phi) is 3.39. The molecule has 0 aliphatic heterocycles. The molecule has 0 amide bonds. The second-order valence-electron chi connectivity index (χ2n) is 6.42. The smallest absolute Gasteiger partial charge is 0.309 e. The van der Waals surface area contributed by atoms with E-state index in [1.807, 2.05) is 42.7 Å². The van der Waals surface area contributed by atoms with Crippen LogP contribution in [-0.2, 0) is 6.18 Å². The molecule has 0 bridgehead atoms. The minimum absolute atomic E-state index is 0.516. The highest BCUT2D eigenvalue weighted by molar-refractivity contribution is 6.09. The third kappa shape index (κ3) is 2.58. The number of alkyl halides is 3. The lowest BCUT2D eigenvalue weighted by Crippen LogP contribution is -2.06. The summed E-state index contributed by atoms with van der Waals surface area (Å²) in [5.41, 5.74) is 3.94. The lowest BCUT2D eigenvalue weighted by Gasteiger charge is -2.12. The Morgan fingerprint density at radius 3 is 1.80 bits per heavy atom. The molecular formula is C21H16F3N. The van der Waals surface area contributed by atoms with Crippen LogP contribution in [0.5, 0.6) is 0 Å². The van der Waals surface area contributed by atoms with Crippen molar-refractivity contribution in [2.24, 2.45) is 0 Å². The molecule has 0 saturated carbocycles. The van der Waals surface area contributed by atoms with E-state index in [2.05, 4.69) is 12.1 Å². The van der Waals surface area contributed by atoms with Crippen molar-refractivity contribution < 1.29 is 13.2 Å². The van der Waals surface area contributed by atoms with E-state index >= 15 is 0 Å². The summed E-state index contributed by atoms with van der Waals surface area (Å²) in [6.45, 7) is 4.03. The van der Waals surface area contributed by atoms with Gasteiger partial charge in [-0.15, -0.1) is 0 Å². The largest absolute Gasteiger partial charge is 0.416 e. The number of nitrogens with zero attached hydrogens (tertiary/aromatic N) is 1. The van der Waals surface area contributed by atoms with Gasteiger partial charge in [-0.3, -0.25) is 0 Å². The van der Waals surface area contributed by atoms with Gasteiger partial charge in [0.05, 0.1) is 16.6 Å². The summed E-state index contributed by atoms with van der Waals surface area (Å²) in [5, 5.41) is 2.10. The summed E-state index contributed by atoms with van der Waals surface area (Å²) >= 11 is 0. The summed E-state index contributed by atoms with van der Waals surface area (Å²) in [6.07, 6.45) is -4.36. The van der Waals surface area contributed by atoms with Crippen molar-refractivity contribution in [2.75, 3.05) is 0 Å². The van der Waals surface area contributed by atoms with Crippen LogP contribution in [0.15, 0.2) is 60.7 Å². The predicted molar refractivity (Wildman–Crippen MR) is 95.3 cm³/mol. The molecule has 0 aliphatic rings. The van der Waals surface area contributed by atoms with E-state index in [-0.39, 0.29) is 0 Å².